The lowest BCUT2D eigenvalue weighted by Crippen LogP contribution is -2.44. The van der Waals surface area contributed by atoms with E-state index in [1.54, 1.807) is 33.0 Å². The minimum Gasteiger partial charge on any atom is -0.338 e. The van der Waals surface area contributed by atoms with Crippen LogP contribution >= 0.6 is 23.4 Å². The van der Waals surface area contributed by atoms with Crippen LogP contribution < -0.4 is 0 Å². The summed E-state index contributed by atoms with van der Waals surface area (Å²) in [6, 6.07) is 4.80. The average Bonchev–Trinajstić information content (AvgIpc) is 2.43. The molecule has 0 aliphatic carbocycles. The summed E-state index contributed by atoms with van der Waals surface area (Å²) in [5.41, 5.74) is 0.388. The monoisotopic (exact) mass is 349 g/mol. The highest BCUT2D eigenvalue weighted by molar-refractivity contribution is 7.98. The van der Waals surface area contributed by atoms with E-state index < -0.39 is 21.1 Å². The summed E-state index contributed by atoms with van der Waals surface area (Å²) < 4.78 is 23.3. The lowest BCUT2D eigenvalue weighted by atomic mass is 10.1. The van der Waals surface area contributed by atoms with Crippen LogP contribution in [0.3, 0.4) is 0 Å². The van der Waals surface area contributed by atoms with Crippen molar-refractivity contribution in [3.63, 3.8) is 0 Å². The largest absolute Gasteiger partial charge is 0.338 e. The van der Waals surface area contributed by atoms with E-state index in [-0.39, 0.29) is 5.91 Å². The van der Waals surface area contributed by atoms with Gasteiger partial charge in [0.05, 0.1) is 15.8 Å². The summed E-state index contributed by atoms with van der Waals surface area (Å²) in [6.07, 6.45) is 3.09. The van der Waals surface area contributed by atoms with Gasteiger partial charge in [-0.3, -0.25) is 4.79 Å². The molecule has 21 heavy (non-hydrogen) atoms. The molecule has 1 aromatic rings. The van der Waals surface area contributed by atoms with E-state index in [1.807, 2.05) is 12.3 Å². The molecule has 1 rings (SSSR count). The molecule has 0 spiro atoms. The second kappa shape index (κ2) is 7.03. The highest BCUT2D eigenvalue weighted by Gasteiger charge is 2.29. The van der Waals surface area contributed by atoms with E-state index in [0.29, 0.717) is 10.6 Å². The standard InChI is InChI=1S/C14H20ClNO3S2/c1-9(10(2)21(5,18)19)16(3)14(17)12-8-11(20-4)6-7-13(12)15/h6-10H,1-5H3/t9-,10-/m0/s1. The quantitative estimate of drug-likeness (QED) is 0.767. The number of thioether (sulfide) groups is 1. The van der Waals surface area contributed by atoms with Crippen LogP contribution in [0.4, 0.5) is 0 Å². The number of sulfone groups is 1. The van der Waals surface area contributed by atoms with Crippen LogP contribution in [-0.2, 0) is 9.84 Å². The third kappa shape index (κ3) is 4.37. The fraction of sp³-hybridized carbons (Fsp3) is 0.500. The third-order valence-corrected chi connectivity index (χ3v) is 6.49. The molecule has 2 atom stereocenters. The highest BCUT2D eigenvalue weighted by Crippen LogP contribution is 2.25. The maximum absolute atomic E-state index is 12.5. The number of carbonyl (C=O) groups excluding carboxylic acids is 1. The fourth-order valence-corrected chi connectivity index (χ4v) is 3.38. The van der Waals surface area contributed by atoms with Crippen molar-refractivity contribution in [3.05, 3.63) is 28.8 Å². The molecule has 0 unspecified atom stereocenters. The summed E-state index contributed by atoms with van der Waals surface area (Å²) in [4.78, 5) is 14.9. The molecule has 0 N–H and O–H groups in total. The smallest absolute Gasteiger partial charge is 0.255 e. The number of rotatable bonds is 5. The highest BCUT2D eigenvalue weighted by atomic mass is 35.5. The van der Waals surface area contributed by atoms with Crippen molar-refractivity contribution in [1.82, 2.24) is 4.90 Å². The first kappa shape index (κ1) is 18.3. The van der Waals surface area contributed by atoms with E-state index in [4.69, 9.17) is 11.6 Å². The number of hydrogen-bond acceptors (Lipinski definition) is 4. The van der Waals surface area contributed by atoms with Gasteiger partial charge in [0.25, 0.3) is 5.91 Å². The van der Waals surface area contributed by atoms with Gasteiger partial charge >= 0.3 is 0 Å². The van der Waals surface area contributed by atoms with Crippen molar-refractivity contribution in [2.45, 2.75) is 30.0 Å². The predicted molar refractivity (Wildman–Crippen MR) is 89.1 cm³/mol. The topological polar surface area (TPSA) is 54.5 Å². The summed E-state index contributed by atoms with van der Waals surface area (Å²) in [7, 11) is -1.62. The van der Waals surface area contributed by atoms with Gasteiger partial charge in [0.15, 0.2) is 9.84 Å². The van der Waals surface area contributed by atoms with Gasteiger partial charge in [-0.1, -0.05) is 11.6 Å². The molecule has 1 amide bonds. The molecule has 0 fully saturated rings. The molecule has 0 bridgehead atoms. The molecule has 0 aliphatic heterocycles. The molecule has 0 aromatic heterocycles. The summed E-state index contributed by atoms with van der Waals surface area (Å²) in [6.45, 7) is 3.32. The number of hydrogen-bond donors (Lipinski definition) is 0. The molecule has 0 saturated heterocycles. The summed E-state index contributed by atoms with van der Waals surface area (Å²) in [5.74, 6) is -0.279. The van der Waals surface area contributed by atoms with Gasteiger partial charge in [-0.05, 0) is 38.3 Å². The molecule has 118 valence electrons. The van der Waals surface area contributed by atoms with Gasteiger partial charge in [0.1, 0.15) is 0 Å². The summed E-state index contributed by atoms with van der Waals surface area (Å²) >= 11 is 7.61. The molecule has 4 nitrogen and oxygen atoms in total. The lowest BCUT2D eigenvalue weighted by Gasteiger charge is -2.29. The number of nitrogens with zero attached hydrogens (tertiary/aromatic N) is 1. The molecule has 0 aliphatic rings. The van der Waals surface area contributed by atoms with E-state index >= 15 is 0 Å². The Bertz CT molecular complexity index is 631. The van der Waals surface area contributed by atoms with Crippen molar-refractivity contribution in [1.29, 1.82) is 0 Å². The molecular formula is C14H20ClNO3S2. The van der Waals surface area contributed by atoms with Crippen LogP contribution in [0.5, 0.6) is 0 Å². The zero-order valence-corrected chi connectivity index (χ0v) is 15.1. The van der Waals surface area contributed by atoms with Gasteiger partial charge in [-0.25, -0.2) is 8.42 Å². The van der Waals surface area contributed by atoms with Crippen LogP contribution in [0.25, 0.3) is 0 Å². The Morgan fingerprint density at radius 1 is 1.33 bits per heavy atom. The first-order chi connectivity index (χ1) is 9.59. The first-order valence-electron chi connectivity index (χ1n) is 6.39. The van der Waals surface area contributed by atoms with Crippen LogP contribution in [0.15, 0.2) is 23.1 Å². The van der Waals surface area contributed by atoms with E-state index in [9.17, 15) is 13.2 Å². The van der Waals surface area contributed by atoms with E-state index in [0.717, 1.165) is 4.90 Å². The molecule has 0 heterocycles. The van der Waals surface area contributed by atoms with Crippen molar-refractivity contribution in [2.75, 3.05) is 19.6 Å². The summed E-state index contributed by atoms with van der Waals surface area (Å²) in [5, 5.41) is -0.280. The predicted octanol–water partition coefficient (Wildman–Crippen LogP) is 2.96. The molecule has 1 aromatic carbocycles. The number of benzene rings is 1. The maximum Gasteiger partial charge on any atom is 0.255 e. The van der Waals surface area contributed by atoms with E-state index in [1.165, 1.54) is 22.9 Å². The Labute approximate surface area is 135 Å². The maximum atomic E-state index is 12.5. The Morgan fingerprint density at radius 2 is 1.90 bits per heavy atom. The second-order valence-electron chi connectivity index (χ2n) is 5.04. The Kier molecular flexibility index (Phi) is 6.13. The number of amides is 1. The van der Waals surface area contributed by atoms with Crippen LogP contribution in [0.1, 0.15) is 24.2 Å². The Balaban J connectivity index is 3.08. The zero-order valence-electron chi connectivity index (χ0n) is 12.8. The SMILES string of the molecule is CSc1ccc(Cl)c(C(=O)N(C)[C@@H](C)[C@H](C)S(C)(=O)=O)c1. The molecule has 7 heteroatoms. The van der Waals surface area contributed by atoms with Gasteiger partial charge in [0.2, 0.25) is 0 Å². The minimum atomic E-state index is -3.22. The van der Waals surface area contributed by atoms with Gasteiger partial charge in [-0.2, -0.15) is 0 Å². The molecular weight excluding hydrogens is 330 g/mol. The lowest BCUT2D eigenvalue weighted by molar-refractivity contribution is 0.0742. The second-order valence-corrected chi connectivity index (χ2v) is 8.73. The van der Waals surface area contributed by atoms with E-state index in [2.05, 4.69) is 0 Å². The number of carbonyl (C=O) groups is 1. The van der Waals surface area contributed by atoms with Crippen LogP contribution in [0, 0.1) is 0 Å². The average molecular weight is 350 g/mol. The minimum absolute atomic E-state index is 0.279. The van der Waals surface area contributed by atoms with Crippen molar-refractivity contribution in [3.8, 4) is 0 Å². The zero-order chi connectivity index (χ0) is 16.4. The Hall–Kier alpha value is -0.720. The fourth-order valence-electron chi connectivity index (χ4n) is 1.84. The molecule has 0 radical (unpaired) electrons. The van der Waals surface area contributed by atoms with Crippen molar-refractivity contribution < 1.29 is 13.2 Å². The van der Waals surface area contributed by atoms with Gasteiger partial charge < -0.3 is 4.90 Å². The van der Waals surface area contributed by atoms with Crippen LogP contribution in [0.2, 0.25) is 5.02 Å². The van der Waals surface area contributed by atoms with Crippen molar-refractivity contribution >= 4 is 39.1 Å². The van der Waals surface area contributed by atoms with Gasteiger partial charge in [-0.15, -0.1) is 11.8 Å². The first-order valence-corrected chi connectivity index (χ1v) is 9.95. The van der Waals surface area contributed by atoms with Gasteiger partial charge in [0, 0.05) is 24.2 Å². The number of halogens is 1. The Morgan fingerprint density at radius 3 is 2.38 bits per heavy atom. The molecule has 0 saturated carbocycles. The normalized spacial score (nSPS) is 14.6. The van der Waals surface area contributed by atoms with Crippen molar-refractivity contribution in [2.24, 2.45) is 0 Å². The third-order valence-electron chi connectivity index (χ3n) is 3.69. The van der Waals surface area contributed by atoms with Crippen LogP contribution in [-0.4, -0.2) is 50.1 Å².